The van der Waals surface area contributed by atoms with E-state index in [1.54, 1.807) is 0 Å². The first-order chi connectivity index (χ1) is 6.49. The second-order valence-electron chi connectivity index (χ2n) is 4.26. The Morgan fingerprint density at radius 2 is 2.29 bits per heavy atom. The number of amidine groups is 1. The lowest BCUT2D eigenvalue weighted by Gasteiger charge is -2.45. The highest BCUT2D eigenvalue weighted by molar-refractivity contribution is 5.84. The molecule has 0 aliphatic carbocycles. The summed E-state index contributed by atoms with van der Waals surface area (Å²) in [6, 6.07) is -0.0566. The van der Waals surface area contributed by atoms with Crippen LogP contribution in [-0.4, -0.2) is 47.3 Å². The van der Waals surface area contributed by atoms with Gasteiger partial charge in [-0.2, -0.15) is 0 Å². The quantitative estimate of drug-likeness (QED) is 0.290. The Balaban J connectivity index is 2.74. The van der Waals surface area contributed by atoms with Crippen molar-refractivity contribution in [3.05, 3.63) is 0 Å². The molecular weight excluding hydrogens is 182 g/mol. The number of nitrogens with two attached hydrogens (primary N) is 1. The molecule has 0 aromatic heterocycles. The Morgan fingerprint density at radius 1 is 1.64 bits per heavy atom. The van der Waals surface area contributed by atoms with Crippen LogP contribution in [0.5, 0.6) is 0 Å². The number of ether oxygens (including phenoxy) is 1. The normalized spacial score (nSPS) is 26.1. The molecule has 1 heterocycles. The first-order valence-electron chi connectivity index (χ1n) is 4.81. The van der Waals surface area contributed by atoms with E-state index in [0.29, 0.717) is 13.2 Å². The van der Waals surface area contributed by atoms with Gasteiger partial charge in [-0.3, -0.25) is 4.90 Å². The third kappa shape index (κ3) is 2.16. The first-order valence-corrected chi connectivity index (χ1v) is 4.81. The summed E-state index contributed by atoms with van der Waals surface area (Å²) in [7, 11) is 0. The summed E-state index contributed by atoms with van der Waals surface area (Å²) in [5.74, 6) is 0.250. The first kappa shape index (κ1) is 11.3. The fourth-order valence-electron chi connectivity index (χ4n) is 1.83. The van der Waals surface area contributed by atoms with E-state index >= 15 is 0 Å². The molecule has 5 heteroatoms. The van der Waals surface area contributed by atoms with Crippen LogP contribution in [0.25, 0.3) is 0 Å². The Labute approximate surface area is 84.5 Å². The summed E-state index contributed by atoms with van der Waals surface area (Å²) >= 11 is 0. The van der Waals surface area contributed by atoms with E-state index in [9.17, 15) is 0 Å². The molecule has 0 radical (unpaired) electrons. The maximum Gasteiger partial charge on any atom is 0.156 e. The van der Waals surface area contributed by atoms with E-state index < -0.39 is 0 Å². The number of oxime groups is 1. The SMILES string of the molecule is CC(C(N)=NO)N1CCOCC1(C)C. The van der Waals surface area contributed by atoms with E-state index in [-0.39, 0.29) is 17.4 Å². The van der Waals surface area contributed by atoms with Crippen LogP contribution in [0.2, 0.25) is 0 Å². The van der Waals surface area contributed by atoms with Crippen molar-refractivity contribution in [3.63, 3.8) is 0 Å². The lowest BCUT2D eigenvalue weighted by Crippen LogP contribution is -2.59. The maximum absolute atomic E-state index is 8.61. The third-order valence-corrected chi connectivity index (χ3v) is 2.72. The molecule has 1 aliphatic heterocycles. The summed E-state index contributed by atoms with van der Waals surface area (Å²) in [6.45, 7) is 8.30. The van der Waals surface area contributed by atoms with Crippen molar-refractivity contribution in [3.8, 4) is 0 Å². The zero-order valence-corrected chi connectivity index (χ0v) is 9.03. The van der Waals surface area contributed by atoms with Crippen molar-refractivity contribution in [1.82, 2.24) is 4.90 Å². The lowest BCUT2D eigenvalue weighted by molar-refractivity contribution is -0.0579. The van der Waals surface area contributed by atoms with Crippen LogP contribution in [0.4, 0.5) is 0 Å². The van der Waals surface area contributed by atoms with Gasteiger partial charge in [-0.05, 0) is 20.8 Å². The van der Waals surface area contributed by atoms with Crippen LogP contribution >= 0.6 is 0 Å². The summed E-state index contributed by atoms with van der Waals surface area (Å²) in [5.41, 5.74) is 5.52. The molecule has 1 fully saturated rings. The van der Waals surface area contributed by atoms with Crippen molar-refractivity contribution in [2.45, 2.75) is 32.4 Å². The maximum atomic E-state index is 8.61. The number of rotatable bonds is 2. The molecule has 5 nitrogen and oxygen atoms in total. The van der Waals surface area contributed by atoms with E-state index in [2.05, 4.69) is 23.9 Å². The van der Waals surface area contributed by atoms with Gasteiger partial charge < -0.3 is 15.7 Å². The predicted octanol–water partition coefficient (Wildman–Crippen LogP) is 0.232. The van der Waals surface area contributed by atoms with Gasteiger partial charge in [0.05, 0.1) is 19.3 Å². The summed E-state index contributed by atoms with van der Waals surface area (Å²) in [6.07, 6.45) is 0. The van der Waals surface area contributed by atoms with Crippen LogP contribution in [0.1, 0.15) is 20.8 Å². The van der Waals surface area contributed by atoms with E-state index in [1.807, 2.05) is 6.92 Å². The standard InChI is InChI=1S/C9H19N3O2/c1-7(8(10)11-13)12-4-5-14-6-9(12,2)3/h7,13H,4-6H2,1-3H3,(H2,10,11). The summed E-state index contributed by atoms with van der Waals surface area (Å²) < 4.78 is 5.39. The van der Waals surface area contributed by atoms with Gasteiger partial charge >= 0.3 is 0 Å². The molecule has 0 saturated carbocycles. The highest BCUT2D eigenvalue weighted by Crippen LogP contribution is 2.21. The second kappa shape index (κ2) is 4.14. The highest BCUT2D eigenvalue weighted by atomic mass is 16.5. The number of morpholine rings is 1. The lowest BCUT2D eigenvalue weighted by atomic mass is 10.00. The number of hydrogen-bond acceptors (Lipinski definition) is 4. The minimum atomic E-state index is -0.0625. The van der Waals surface area contributed by atoms with Crippen molar-refractivity contribution < 1.29 is 9.94 Å². The van der Waals surface area contributed by atoms with Crippen molar-refractivity contribution in [1.29, 1.82) is 0 Å². The Kier molecular flexibility index (Phi) is 3.34. The minimum absolute atomic E-state index is 0.0566. The van der Waals surface area contributed by atoms with Crippen molar-refractivity contribution in [2.75, 3.05) is 19.8 Å². The minimum Gasteiger partial charge on any atom is -0.409 e. The highest BCUT2D eigenvalue weighted by Gasteiger charge is 2.35. The van der Waals surface area contributed by atoms with Gasteiger partial charge in [-0.1, -0.05) is 5.16 Å². The number of hydrogen-bond donors (Lipinski definition) is 2. The van der Waals surface area contributed by atoms with Crippen LogP contribution in [0.15, 0.2) is 5.16 Å². The Bertz CT molecular complexity index is 228. The molecule has 0 aromatic carbocycles. The smallest absolute Gasteiger partial charge is 0.156 e. The zero-order chi connectivity index (χ0) is 10.8. The average molecular weight is 201 g/mol. The average Bonchev–Trinajstić information content (AvgIpc) is 2.15. The number of nitrogens with zero attached hydrogens (tertiary/aromatic N) is 2. The molecule has 1 aliphatic rings. The Morgan fingerprint density at radius 3 is 2.79 bits per heavy atom. The molecule has 0 bridgehead atoms. The van der Waals surface area contributed by atoms with Gasteiger partial charge in [0.15, 0.2) is 5.84 Å². The van der Waals surface area contributed by atoms with Gasteiger partial charge in [0.25, 0.3) is 0 Å². The molecule has 1 unspecified atom stereocenters. The predicted molar refractivity (Wildman–Crippen MR) is 54.5 cm³/mol. The third-order valence-electron chi connectivity index (χ3n) is 2.72. The molecule has 14 heavy (non-hydrogen) atoms. The largest absolute Gasteiger partial charge is 0.409 e. The Hall–Kier alpha value is -0.810. The molecule has 1 atom stereocenters. The van der Waals surface area contributed by atoms with E-state index in [1.165, 1.54) is 0 Å². The molecule has 3 N–H and O–H groups in total. The van der Waals surface area contributed by atoms with Gasteiger partial charge in [0, 0.05) is 12.1 Å². The topological polar surface area (TPSA) is 71.1 Å². The summed E-state index contributed by atoms with van der Waals surface area (Å²) in [5, 5.41) is 11.7. The van der Waals surface area contributed by atoms with Crippen LogP contribution in [-0.2, 0) is 4.74 Å². The molecule has 0 amide bonds. The fraction of sp³-hybridized carbons (Fsp3) is 0.889. The summed E-state index contributed by atoms with van der Waals surface area (Å²) in [4.78, 5) is 2.19. The second-order valence-corrected chi connectivity index (χ2v) is 4.26. The van der Waals surface area contributed by atoms with Gasteiger partial charge in [0.2, 0.25) is 0 Å². The van der Waals surface area contributed by atoms with Gasteiger partial charge in [-0.25, -0.2) is 0 Å². The van der Waals surface area contributed by atoms with Crippen molar-refractivity contribution >= 4 is 5.84 Å². The van der Waals surface area contributed by atoms with Crippen molar-refractivity contribution in [2.24, 2.45) is 10.9 Å². The zero-order valence-electron chi connectivity index (χ0n) is 9.03. The van der Waals surface area contributed by atoms with Crippen LogP contribution in [0, 0.1) is 0 Å². The van der Waals surface area contributed by atoms with Crippen LogP contribution < -0.4 is 5.73 Å². The molecule has 1 rings (SSSR count). The fourth-order valence-corrected chi connectivity index (χ4v) is 1.83. The van der Waals surface area contributed by atoms with Gasteiger partial charge in [0.1, 0.15) is 0 Å². The van der Waals surface area contributed by atoms with E-state index in [0.717, 1.165) is 6.54 Å². The molecule has 0 spiro atoms. The monoisotopic (exact) mass is 201 g/mol. The molecule has 1 saturated heterocycles. The van der Waals surface area contributed by atoms with Crippen LogP contribution in [0.3, 0.4) is 0 Å². The molecular formula is C9H19N3O2. The molecule has 82 valence electrons. The molecule has 0 aromatic rings. The van der Waals surface area contributed by atoms with E-state index in [4.69, 9.17) is 15.7 Å². The van der Waals surface area contributed by atoms with Gasteiger partial charge in [-0.15, -0.1) is 0 Å².